The predicted octanol–water partition coefficient (Wildman–Crippen LogP) is 2.50. The lowest BCUT2D eigenvalue weighted by molar-refractivity contribution is 0.0696. The van der Waals surface area contributed by atoms with Crippen molar-refractivity contribution in [2.24, 2.45) is 0 Å². The Hall–Kier alpha value is -4.31. The van der Waals surface area contributed by atoms with Gasteiger partial charge >= 0.3 is 0 Å². The highest BCUT2D eigenvalue weighted by Gasteiger charge is 2.31. The van der Waals surface area contributed by atoms with Gasteiger partial charge in [-0.05, 0) is 66.9 Å². The molecule has 0 bridgehead atoms. The molecule has 43 heavy (non-hydrogen) atoms. The molecule has 11 nitrogen and oxygen atoms in total. The number of carbonyl (C=O) groups excluding carboxylic acids is 2. The molecule has 1 aromatic heterocycles. The maximum absolute atomic E-state index is 13.1. The van der Waals surface area contributed by atoms with Crippen LogP contribution in [0.3, 0.4) is 0 Å². The number of likely N-dealkylation sites (tertiary alicyclic amines) is 1. The number of hydrogen-bond donors (Lipinski definition) is 1. The number of rotatable bonds is 8. The molecule has 224 valence electrons. The fraction of sp³-hybridized carbons (Fsp3) is 0.355. The average Bonchev–Trinajstić information content (AvgIpc) is 3.06. The first-order valence-corrected chi connectivity index (χ1v) is 15.6. The van der Waals surface area contributed by atoms with Crippen molar-refractivity contribution in [1.82, 2.24) is 24.4 Å². The molecule has 3 heterocycles. The Morgan fingerprint density at radius 3 is 2.21 bits per heavy atom. The molecule has 0 saturated carbocycles. The average molecular weight is 603 g/mol. The van der Waals surface area contributed by atoms with Gasteiger partial charge in [0.15, 0.2) is 0 Å². The summed E-state index contributed by atoms with van der Waals surface area (Å²) in [6.45, 7) is 3.36. The van der Waals surface area contributed by atoms with Crippen molar-refractivity contribution in [3.63, 3.8) is 0 Å². The molecule has 2 aliphatic rings. The second kappa shape index (κ2) is 13.3. The summed E-state index contributed by atoms with van der Waals surface area (Å²) in [6, 6.07) is 19.1. The third-order valence-electron chi connectivity index (χ3n) is 7.88. The van der Waals surface area contributed by atoms with E-state index in [1.807, 2.05) is 24.3 Å². The number of nitriles is 1. The number of methoxy groups -OCH3 is 1. The summed E-state index contributed by atoms with van der Waals surface area (Å²) in [5.74, 6) is 0.0432. The fourth-order valence-corrected chi connectivity index (χ4v) is 6.73. The summed E-state index contributed by atoms with van der Waals surface area (Å²) in [7, 11) is -2.16. The molecule has 2 saturated heterocycles. The summed E-state index contributed by atoms with van der Waals surface area (Å²) in [6.07, 6.45) is 3.04. The number of sulfonamides is 1. The van der Waals surface area contributed by atoms with E-state index in [-0.39, 0.29) is 54.6 Å². The lowest BCUT2D eigenvalue weighted by atomic mass is 10.0. The number of nitrogens with zero attached hydrogens (tertiary/aromatic N) is 5. The number of aromatic nitrogens is 1. The fourth-order valence-electron chi connectivity index (χ4n) is 5.30. The lowest BCUT2D eigenvalue weighted by Crippen LogP contribution is -2.50. The number of carbonyl (C=O) groups is 2. The minimum Gasteiger partial charge on any atom is -0.497 e. The van der Waals surface area contributed by atoms with Gasteiger partial charge in [-0.2, -0.15) is 9.57 Å². The predicted molar refractivity (Wildman–Crippen MR) is 159 cm³/mol. The van der Waals surface area contributed by atoms with Crippen molar-refractivity contribution >= 4 is 21.8 Å². The van der Waals surface area contributed by atoms with Crippen molar-refractivity contribution in [3.05, 3.63) is 89.2 Å². The molecule has 0 aliphatic carbocycles. The van der Waals surface area contributed by atoms with Crippen LogP contribution in [-0.2, 0) is 16.6 Å². The number of ether oxygens (including phenoxy) is 1. The van der Waals surface area contributed by atoms with Crippen LogP contribution in [0, 0.1) is 11.3 Å². The second-order valence-electron chi connectivity index (χ2n) is 10.6. The number of hydrogen-bond acceptors (Lipinski definition) is 8. The van der Waals surface area contributed by atoms with Gasteiger partial charge in [0.1, 0.15) is 11.4 Å². The van der Waals surface area contributed by atoms with Crippen LogP contribution < -0.4 is 10.1 Å². The summed E-state index contributed by atoms with van der Waals surface area (Å²) in [5.41, 5.74) is 2.39. The molecule has 2 amide bonds. The Balaban J connectivity index is 1.08. The monoisotopic (exact) mass is 602 g/mol. The van der Waals surface area contributed by atoms with Gasteiger partial charge in [-0.25, -0.2) is 8.42 Å². The molecular formula is C31H34N6O5S. The van der Waals surface area contributed by atoms with E-state index in [1.54, 1.807) is 29.2 Å². The van der Waals surface area contributed by atoms with Crippen LogP contribution in [-0.4, -0.2) is 91.7 Å². The van der Waals surface area contributed by atoms with E-state index in [2.05, 4.69) is 21.3 Å². The minimum atomic E-state index is -3.68. The van der Waals surface area contributed by atoms with E-state index >= 15 is 0 Å². The van der Waals surface area contributed by atoms with E-state index in [0.29, 0.717) is 16.9 Å². The summed E-state index contributed by atoms with van der Waals surface area (Å²) < 4.78 is 32.5. The van der Waals surface area contributed by atoms with Gasteiger partial charge in [-0.15, -0.1) is 0 Å². The summed E-state index contributed by atoms with van der Waals surface area (Å²) in [4.78, 5) is 34.3. The van der Waals surface area contributed by atoms with Crippen LogP contribution in [0.1, 0.15) is 44.8 Å². The van der Waals surface area contributed by atoms with Gasteiger partial charge in [0.25, 0.3) is 11.8 Å². The maximum atomic E-state index is 13.1. The van der Waals surface area contributed by atoms with E-state index in [4.69, 9.17) is 10.00 Å². The van der Waals surface area contributed by atoms with Gasteiger partial charge in [0.05, 0.1) is 29.2 Å². The number of piperazine rings is 1. The summed E-state index contributed by atoms with van der Waals surface area (Å²) in [5, 5.41) is 12.0. The van der Waals surface area contributed by atoms with Gasteiger partial charge in [-0.1, -0.05) is 12.1 Å². The Morgan fingerprint density at radius 2 is 1.63 bits per heavy atom. The molecule has 12 heteroatoms. The minimum absolute atomic E-state index is 0.0401. The van der Waals surface area contributed by atoms with Crippen LogP contribution in [0.25, 0.3) is 0 Å². The maximum Gasteiger partial charge on any atom is 0.270 e. The van der Waals surface area contributed by atoms with Gasteiger partial charge in [0, 0.05) is 58.1 Å². The van der Waals surface area contributed by atoms with E-state index in [0.717, 1.165) is 38.0 Å². The third kappa shape index (κ3) is 7.19. The van der Waals surface area contributed by atoms with E-state index in [9.17, 15) is 18.0 Å². The Kier molecular flexibility index (Phi) is 9.35. The molecule has 0 atom stereocenters. The first-order chi connectivity index (χ1) is 20.8. The number of benzene rings is 2. The zero-order valence-corrected chi connectivity index (χ0v) is 24.8. The van der Waals surface area contributed by atoms with Crippen LogP contribution in [0.15, 0.2) is 71.8 Å². The molecular weight excluding hydrogens is 568 g/mol. The number of pyridine rings is 1. The lowest BCUT2D eigenvalue weighted by Gasteiger charge is -2.34. The smallest absolute Gasteiger partial charge is 0.270 e. The van der Waals surface area contributed by atoms with Crippen molar-refractivity contribution < 1.29 is 22.7 Å². The standard InChI is InChI=1S/C31H34N6O5S/c1-42-27-7-9-28(10-8-27)43(40,41)37-18-16-36(17-19-37)31(39)25-6-11-29(33-21-25)30(38)34-26-12-14-35(15-13-26)22-24-4-2-23(20-32)3-5-24/h2-11,21,26H,12-19,22H2,1H3,(H,34,38). The van der Waals surface area contributed by atoms with Gasteiger partial charge < -0.3 is 15.0 Å². The Bertz CT molecular complexity index is 1570. The molecule has 0 radical (unpaired) electrons. The number of piperidine rings is 1. The van der Waals surface area contributed by atoms with Crippen molar-refractivity contribution in [3.8, 4) is 11.8 Å². The Labute approximate surface area is 251 Å². The molecule has 1 N–H and O–H groups in total. The molecule has 0 spiro atoms. The second-order valence-corrected chi connectivity index (χ2v) is 12.6. The Morgan fingerprint density at radius 1 is 0.953 bits per heavy atom. The highest BCUT2D eigenvalue weighted by atomic mass is 32.2. The van der Waals surface area contributed by atoms with Gasteiger partial charge in [0.2, 0.25) is 10.0 Å². The first kappa shape index (κ1) is 30.2. The largest absolute Gasteiger partial charge is 0.497 e. The molecule has 2 fully saturated rings. The summed E-state index contributed by atoms with van der Waals surface area (Å²) >= 11 is 0. The molecule has 3 aromatic rings. The van der Waals surface area contributed by atoms with Crippen molar-refractivity contribution in [2.45, 2.75) is 30.3 Å². The molecule has 2 aliphatic heterocycles. The van der Waals surface area contributed by atoms with Gasteiger partial charge in [-0.3, -0.25) is 19.5 Å². The van der Waals surface area contributed by atoms with Crippen LogP contribution in [0.2, 0.25) is 0 Å². The third-order valence-corrected chi connectivity index (χ3v) is 9.79. The molecule has 0 unspecified atom stereocenters. The quantitative estimate of drug-likeness (QED) is 0.416. The highest BCUT2D eigenvalue weighted by molar-refractivity contribution is 7.89. The van der Waals surface area contributed by atoms with Crippen molar-refractivity contribution in [1.29, 1.82) is 5.26 Å². The SMILES string of the molecule is COc1ccc(S(=O)(=O)N2CCN(C(=O)c3ccc(C(=O)NC4CCN(Cc5ccc(C#N)cc5)CC4)nc3)CC2)cc1. The van der Waals surface area contributed by atoms with E-state index < -0.39 is 10.0 Å². The topological polar surface area (TPSA) is 136 Å². The van der Waals surface area contributed by atoms with Crippen LogP contribution in [0.5, 0.6) is 5.75 Å². The number of amides is 2. The van der Waals surface area contributed by atoms with Crippen LogP contribution in [0.4, 0.5) is 0 Å². The highest BCUT2D eigenvalue weighted by Crippen LogP contribution is 2.21. The first-order valence-electron chi connectivity index (χ1n) is 14.2. The zero-order valence-electron chi connectivity index (χ0n) is 24.0. The zero-order chi connectivity index (χ0) is 30.4. The van der Waals surface area contributed by atoms with Crippen LogP contribution >= 0.6 is 0 Å². The van der Waals surface area contributed by atoms with Crippen molar-refractivity contribution in [2.75, 3.05) is 46.4 Å². The normalized spacial score (nSPS) is 16.8. The molecule has 5 rings (SSSR count). The number of nitrogens with one attached hydrogen (secondary N) is 1. The van der Waals surface area contributed by atoms with E-state index in [1.165, 1.54) is 29.7 Å². The molecule has 2 aromatic carbocycles.